The van der Waals surface area contributed by atoms with Crippen LogP contribution < -0.4 is 5.32 Å². The third-order valence-electron chi connectivity index (χ3n) is 1.29. The van der Waals surface area contributed by atoms with E-state index >= 15 is 0 Å². The third kappa shape index (κ3) is 2.01. The minimum Gasteiger partial charge on any atom is -0.384 e. The van der Waals surface area contributed by atoms with E-state index in [0.717, 1.165) is 32.0 Å². The van der Waals surface area contributed by atoms with E-state index in [1.165, 1.54) is 0 Å². The quantitative estimate of drug-likeness (QED) is 0.581. The maximum Gasteiger partial charge on any atom is 0.0987 e. The molecule has 0 amide bonds. The summed E-state index contributed by atoms with van der Waals surface area (Å²) in [7, 11) is 1.70. The fraction of sp³-hybridized carbons (Fsp3) is 0.833. The normalized spacial score (nSPS) is 17.2. The lowest BCUT2D eigenvalue weighted by molar-refractivity contribution is 0.207. The van der Waals surface area contributed by atoms with Gasteiger partial charge < -0.3 is 10.1 Å². The molecule has 0 fully saturated rings. The van der Waals surface area contributed by atoms with Gasteiger partial charge >= 0.3 is 0 Å². The molecular weight excluding hydrogens is 116 g/mol. The van der Waals surface area contributed by atoms with Crippen LogP contribution in [0.15, 0.2) is 4.99 Å². The number of aliphatic imine (C=N–C) groups is 1. The van der Waals surface area contributed by atoms with Gasteiger partial charge in [-0.15, -0.1) is 0 Å². The molecule has 0 radical (unpaired) electrons. The summed E-state index contributed by atoms with van der Waals surface area (Å²) in [5, 5.41) is 3.16. The second-order valence-electron chi connectivity index (χ2n) is 2.00. The molecule has 1 rings (SSSR count). The Labute approximate surface area is 55.1 Å². The van der Waals surface area contributed by atoms with Crippen LogP contribution in [0.2, 0.25) is 0 Å². The van der Waals surface area contributed by atoms with Crippen LogP contribution in [0.25, 0.3) is 0 Å². The zero-order valence-electron chi connectivity index (χ0n) is 5.68. The summed E-state index contributed by atoms with van der Waals surface area (Å²) < 4.78 is 4.88. The summed E-state index contributed by atoms with van der Waals surface area (Å²) in [6.07, 6.45) is 0.927. The number of hydrogen-bond donors (Lipinski definition) is 1. The van der Waals surface area contributed by atoms with Crippen LogP contribution in [-0.2, 0) is 4.74 Å². The van der Waals surface area contributed by atoms with Crippen molar-refractivity contribution in [3.63, 3.8) is 0 Å². The van der Waals surface area contributed by atoms with Crippen LogP contribution in [0, 0.1) is 0 Å². The zero-order valence-corrected chi connectivity index (χ0v) is 5.68. The number of hydrogen-bond acceptors (Lipinski definition) is 3. The van der Waals surface area contributed by atoms with E-state index in [0.29, 0.717) is 0 Å². The second kappa shape index (κ2) is 3.45. The summed E-state index contributed by atoms with van der Waals surface area (Å²) in [5.41, 5.74) is 0. The summed E-state index contributed by atoms with van der Waals surface area (Å²) >= 11 is 0. The molecule has 1 N–H and O–H groups in total. The van der Waals surface area contributed by atoms with Crippen molar-refractivity contribution in [2.75, 3.05) is 26.8 Å². The Bertz CT molecular complexity index is 112. The first-order chi connectivity index (χ1) is 4.43. The smallest absolute Gasteiger partial charge is 0.0987 e. The maximum atomic E-state index is 4.88. The van der Waals surface area contributed by atoms with Gasteiger partial charge in [-0.05, 0) is 0 Å². The van der Waals surface area contributed by atoms with Crippen LogP contribution in [0.1, 0.15) is 6.42 Å². The average molecular weight is 128 g/mol. The monoisotopic (exact) mass is 128 g/mol. The number of nitrogens with zero attached hydrogens (tertiary/aromatic N) is 1. The molecule has 0 unspecified atom stereocenters. The van der Waals surface area contributed by atoms with E-state index in [4.69, 9.17) is 4.74 Å². The van der Waals surface area contributed by atoms with Gasteiger partial charge in [0.2, 0.25) is 0 Å². The Morgan fingerprint density at radius 3 is 3.22 bits per heavy atom. The molecule has 3 nitrogen and oxygen atoms in total. The molecule has 0 atom stereocenters. The topological polar surface area (TPSA) is 33.6 Å². The average Bonchev–Trinajstić information content (AvgIpc) is 2.34. The summed E-state index contributed by atoms with van der Waals surface area (Å²) in [6.45, 7) is 2.70. The van der Waals surface area contributed by atoms with Crippen molar-refractivity contribution in [1.82, 2.24) is 5.32 Å². The number of methoxy groups -OCH3 is 1. The molecule has 1 aliphatic rings. The van der Waals surface area contributed by atoms with Crippen LogP contribution in [0.5, 0.6) is 0 Å². The standard InChI is InChI=1S/C6H12N2O/c1-9-5-2-6-7-3-4-8-6/h2-5H2,1H3,(H,7,8). The Kier molecular flexibility index (Phi) is 2.51. The maximum absolute atomic E-state index is 4.88. The minimum absolute atomic E-state index is 0.770. The van der Waals surface area contributed by atoms with Gasteiger partial charge in [0.25, 0.3) is 0 Å². The first kappa shape index (κ1) is 6.55. The van der Waals surface area contributed by atoms with E-state index in [-0.39, 0.29) is 0 Å². The van der Waals surface area contributed by atoms with Crippen molar-refractivity contribution < 1.29 is 4.74 Å². The van der Waals surface area contributed by atoms with Gasteiger partial charge in [0, 0.05) is 20.1 Å². The lowest BCUT2D eigenvalue weighted by Crippen LogP contribution is -2.19. The Morgan fingerprint density at radius 2 is 2.67 bits per heavy atom. The van der Waals surface area contributed by atoms with E-state index in [9.17, 15) is 0 Å². The van der Waals surface area contributed by atoms with Gasteiger partial charge in [0.1, 0.15) is 0 Å². The van der Waals surface area contributed by atoms with Crippen molar-refractivity contribution in [1.29, 1.82) is 0 Å². The van der Waals surface area contributed by atoms with Crippen molar-refractivity contribution >= 4 is 5.84 Å². The van der Waals surface area contributed by atoms with Crippen molar-refractivity contribution in [2.24, 2.45) is 4.99 Å². The zero-order chi connectivity index (χ0) is 6.53. The third-order valence-corrected chi connectivity index (χ3v) is 1.29. The molecular formula is C6H12N2O. The predicted molar refractivity (Wildman–Crippen MR) is 36.8 cm³/mol. The molecule has 0 aromatic rings. The molecule has 0 bridgehead atoms. The highest BCUT2D eigenvalue weighted by Crippen LogP contribution is 1.90. The molecule has 0 spiro atoms. The molecule has 1 heterocycles. The molecule has 0 aromatic heterocycles. The molecule has 9 heavy (non-hydrogen) atoms. The van der Waals surface area contributed by atoms with Gasteiger partial charge in [0.15, 0.2) is 0 Å². The van der Waals surface area contributed by atoms with Crippen LogP contribution in [0.4, 0.5) is 0 Å². The van der Waals surface area contributed by atoms with Gasteiger partial charge in [-0.3, -0.25) is 4.99 Å². The molecule has 0 aliphatic carbocycles. The fourth-order valence-electron chi connectivity index (χ4n) is 0.813. The van der Waals surface area contributed by atoms with Crippen LogP contribution in [-0.4, -0.2) is 32.6 Å². The van der Waals surface area contributed by atoms with Gasteiger partial charge in [0.05, 0.1) is 19.0 Å². The van der Waals surface area contributed by atoms with Gasteiger partial charge in [-0.25, -0.2) is 0 Å². The minimum atomic E-state index is 0.770. The van der Waals surface area contributed by atoms with E-state index in [2.05, 4.69) is 10.3 Å². The largest absolute Gasteiger partial charge is 0.384 e. The number of rotatable bonds is 3. The molecule has 0 saturated heterocycles. The molecule has 0 aromatic carbocycles. The summed E-state index contributed by atoms with van der Waals surface area (Å²) in [5.74, 6) is 1.09. The molecule has 1 aliphatic heterocycles. The fourth-order valence-corrected chi connectivity index (χ4v) is 0.813. The highest BCUT2D eigenvalue weighted by Gasteiger charge is 2.02. The van der Waals surface area contributed by atoms with E-state index in [1.807, 2.05) is 0 Å². The lowest BCUT2D eigenvalue weighted by atomic mass is 10.4. The number of nitrogens with one attached hydrogen (secondary N) is 1. The van der Waals surface area contributed by atoms with Crippen LogP contribution in [0.3, 0.4) is 0 Å². The van der Waals surface area contributed by atoms with E-state index < -0.39 is 0 Å². The summed E-state index contributed by atoms with van der Waals surface area (Å²) in [6, 6.07) is 0. The Balaban J connectivity index is 2.11. The van der Waals surface area contributed by atoms with Gasteiger partial charge in [-0.1, -0.05) is 0 Å². The van der Waals surface area contributed by atoms with Crippen molar-refractivity contribution in [2.45, 2.75) is 6.42 Å². The number of amidine groups is 1. The Morgan fingerprint density at radius 1 is 1.78 bits per heavy atom. The molecule has 52 valence electrons. The predicted octanol–water partition coefficient (Wildman–Crippen LogP) is 0.0246. The van der Waals surface area contributed by atoms with Crippen molar-refractivity contribution in [3.8, 4) is 0 Å². The van der Waals surface area contributed by atoms with E-state index in [1.54, 1.807) is 7.11 Å². The van der Waals surface area contributed by atoms with Gasteiger partial charge in [-0.2, -0.15) is 0 Å². The highest BCUT2D eigenvalue weighted by atomic mass is 16.5. The van der Waals surface area contributed by atoms with Crippen molar-refractivity contribution in [3.05, 3.63) is 0 Å². The summed E-state index contributed by atoms with van der Waals surface area (Å²) in [4.78, 5) is 4.20. The lowest BCUT2D eigenvalue weighted by Gasteiger charge is -1.98. The molecule has 0 saturated carbocycles. The first-order valence-corrected chi connectivity index (χ1v) is 3.19. The Hall–Kier alpha value is -0.570. The first-order valence-electron chi connectivity index (χ1n) is 3.19. The van der Waals surface area contributed by atoms with Crippen LogP contribution >= 0.6 is 0 Å². The second-order valence-corrected chi connectivity index (χ2v) is 2.00. The highest BCUT2D eigenvalue weighted by molar-refractivity contribution is 5.83. The SMILES string of the molecule is COCCC1=NCCN1. The number of ether oxygens (including phenoxy) is 1. The molecule has 3 heteroatoms.